The molecule has 92 valence electrons. The summed E-state index contributed by atoms with van der Waals surface area (Å²) in [6.07, 6.45) is 1.91. The van der Waals surface area contributed by atoms with Crippen molar-refractivity contribution in [2.24, 2.45) is 7.05 Å². The highest BCUT2D eigenvalue weighted by atomic mass is 32.1. The summed E-state index contributed by atoms with van der Waals surface area (Å²) in [4.78, 5) is 2.83. The molecule has 2 heterocycles. The maximum Gasteiger partial charge on any atom is 0.176 e. The third kappa shape index (κ3) is 3.34. The summed E-state index contributed by atoms with van der Waals surface area (Å²) in [6.45, 7) is 3.17. The van der Waals surface area contributed by atoms with Gasteiger partial charge in [0, 0.05) is 17.3 Å². The third-order valence-electron chi connectivity index (χ3n) is 2.46. The molecule has 0 radical (unpaired) electrons. The lowest BCUT2D eigenvalue weighted by atomic mass is 10.1. The van der Waals surface area contributed by atoms with Gasteiger partial charge in [0.1, 0.15) is 0 Å². The molecule has 0 aromatic carbocycles. The number of rotatable bonds is 6. The van der Waals surface area contributed by atoms with Gasteiger partial charge in [-0.15, -0.1) is 21.5 Å². The second-order valence-electron chi connectivity index (χ2n) is 3.92. The van der Waals surface area contributed by atoms with Crippen molar-refractivity contribution in [2.45, 2.75) is 25.8 Å². The molecule has 1 atom stereocenters. The minimum Gasteiger partial charge on any atom is -0.309 e. The van der Waals surface area contributed by atoms with Gasteiger partial charge in [-0.25, -0.2) is 0 Å². The summed E-state index contributed by atoms with van der Waals surface area (Å²) in [7, 11) is 1.79. The van der Waals surface area contributed by atoms with Crippen LogP contribution in [-0.4, -0.2) is 26.8 Å². The number of nitrogens with zero attached hydrogens (tertiary/aromatic N) is 4. The Morgan fingerprint density at radius 1 is 1.53 bits per heavy atom. The van der Waals surface area contributed by atoms with Crippen molar-refractivity contribution in [3.63, 3.8) is 0 Å². The highest BCUT2D eigenvalue weighted by molar-refractivity contribution is 7.10. The fraction of sp³-hybridized carbons (Fsp3) is 0.545. The zero-order valence-corrected chi connectivity index (χ0v) is 10.9. The molecule has 1 unspecified atom stereocenters. The molecule has 2 aromatic heterocycles. The van der Waals surface area contributed by atoms with E-state index >= 15 is 0 Å². The molecule has 0 bridgehead atoms. The highest BCUT2D eigenvalue weighted by Crippen LogP contribution is 2.21. The van der Waals surface area contributed by atoms with Crippen LogP contribution in [0.25, 0.3) is 0 Å². The van der Waals surface area contributed by atoms with Crippen molar-refractivity contribution >= 4 is 11.3 Å². The predicted octanol–water partition coefficient (Wildman–Crippen LogP) is 1.55. The van der Waals surface area contributed by atoms with Crippen LogP contribution in [0.15, 0.2) is 17.5 Å². The lowest BCUT2D eigenvalue weighted by Gasteiger charge is -2.14. The van der Waals surface area contributed by atoms with Gasteiger partial charge in [-0.2, -0.15) is 4.80 Å². The largest absolute Gasteiger partial charge is 0.309 e. The van der Waals surface area contributed by atoms with E-state index in [2.05, 4.69) is 45.2 Å². The first-order valence-corrected chi connectivity index (χ1v) is 6.67. The molecule has 0 saturated heterocycles. The Hall–Kier alpha value is -1.27. The standard InChI is InChI=1S/C11H17N5S/c1-3-6-12-9(10-5-4-7-17-10)8-11-13-15-16(2)14-11/h4-5,7,9,12H,3,6,8H2,1-2H3. The second kappa shape index (κ2) is 5.88. The van der Waals surface area contributed by atoms with Crippen LogP contribution in [0.2, 0.25) is 0 Å². The van der Waals surface area contributed by atoms with E-state index in [1.807, 2.05) is 0 Å². The number of hydrogen-bond donors (Lipinski definition) is 1. The minimum atomic E-state index is 0.291. The van der Waals surface area contributed by atoms with Gasteiger partial charge >= 0.3 is 0 Å². The summed E-state index contributed by atoms with van der Waals surface area (Å²) >= 11 is 1.76. The summed E-state index contributed by atoms with van der Waals surface area (Å²) in [5.74, 6) is 0.787. The van der Waals surface area contributed by atoms with Crippen LogP contribution in [0.4, 0.5) is 0 Å². The molecule has 0 spiro atoms. The third-order valence-corrected chi connectivity index (χ3v) is 3.45. The Bertz CT molecular complexity index is 436. The number of nitrogens with one attached hydrogen (secondary N) is 1. The molecule has 0 aliphatic heterocycles. The van der Waals surface area contributed by atoms with Crippen LogP contribution < -0.4 is 5.32 Å². The van der Waals surface area contributed by atoms with Crippen LogP contribution in [-0.2, 0) is 13.5 Å². The van der Waals surface area contributed by atoms with Gasteiger partial charge in [0.15, 0.2) is 5.82 Å². The lowest BCUT2D eigenvalue weighted by Crippen LogP contribution is -2.23. The summed E-state index contributed by atoms with van der Waals surface area (Å²) in [5, 5.41) is 17.8. The topological polar surface area (TPSA) is 55.6 Å². The Balaban J connectivity index is 2.05. The Morgan fingerprint density at radius 3 is 3.00 bits per heavy atom. The number of tetrazole rings is 1. The first-order valence-electron chi connectivity index (χ1n) is 5.79. The molecule has 2 rings (SSSR count). The molecular weight excluding hydrogens is 234 g/mol. The first-order chi connectivity index (χ1) is 8.29. The zero-order chi connectivity index (χ0) is 12.1. The molecule has 0 amide bonds. The minimum absolute atomic E-state index is 0.291. The van der Waals surface area contributed by atoms with Crippen molar-refractivity contribution in [1.82, 2.24) is 25.5 Å². The maximum absolute atomic E-state index is 4.23. The fourth-order valence-electron chi connectivity index (χ4n) is 1.67. The van der Waals surface area contributed by atoms with E-state index in [0.717, 1.165) is 25.2 Å². The van der Waals surface area contributed by atoms with E-state index in [4.69, 9.17) is 0 Å². The van der Waals surface area contributed by atoms with E-state index in [0.29, 0.717) is 6.04 Å². The summed E-state index contributed by atoms with van der Waals surface area (Å²) in [5.41, 5.74) is 0. The number of aromatic nitrogens is 4. The van der Waals surface area contributed by atoms with Crippen LogP contribution in [0.3, 0.4) is 0 Å². The zero-order valence-electron chi connectivity index (χ0n) is 10.1. The molecule has 0 saturated carbocycles. The number of hydrogen-bond acceptors (Lipinski definition) is 5. The molecule has 0 aliphatic rings. The van der Waals surface area contributed by atoms with Gasteiger partial charge in [0.05, 0.1) is 7.05 Å². The molecular formula is C11H17N5S. The normalized spacial score (nSPS) is 12.8. The van der Waals surface area contributed by atoms with Crippen LogP contribution >= 0.6 is 11.3 Å². The highest BCUT2D eigenvalue weighted by Gasteiger charge is 2.15. The maximum atomic E-state index is 4.23. The van der Waals surface area contributed by atoms with Gasteiger partial charge in [0.25, 0.3) is 0 Å². The van der Waals surface area contributed by atoms with E-state index in [9.17, 15) is 0 Å². The molecule has 0 fully saturated rings. The quantitative estimate of drug-likeness (QED) is 0.846. The van der Waals surface area contributed by atoms with Crippen LogP contribution in [0.5, 0.6) is 0 Å². The van der Waals surface area contributed by atoms with Crippen molar-refractivity contribution in [2.75, 3.05) is 6.54 Å². The van der Waals surface area contributed by atoms with Crippen molar-refractivity contribution in [3.8, 4) is 0 Å². The Kier molecular flexibility index (Phi) is 4.22. The van der Waals surface area contributed by atoms with Crippen molar-refractivity contribution in [3.05, 3.63) is 28.2 Å². The SMILES string of the molecule is CCCNC(Cc1nnn(C)n1)c1cccs1. The molecule has 17 heavy (non-hydrogen) atoms. The van der Waals surface area contributed by atoms with E-state index in [1.54, 1.807) is 18.4 Å². The second-order valence-corrected chi connectivity index (χ2v) is 4.90. The van der Waals surface area contributed by atoms with E-state index < -0.39 is 0 Å². The molecule has 0 aliphatic carbocycles. The predicted molar refractivity (Wildman–Crippen MR) is 67.9 cm³/mol. The van der Waals surface area contributed by atoms with Crippen LogP contribution in [0, 0.1) is 0 Å². The lowest BCUT2D eigenvalue weighted by molar-refractivity contribution is 0.524. The summed E-state index contributed by atoms with van der Waals surface area (Å²) in [6, 6.07) is 4.51. The van der Waals surface area contributed by atoms with Crippen molar-refractivity contribution < 1.29 is 0 Å². The first kappa shape index (κ1) is 12.2. The molecule has 5 nitrogen and oxygen atoms in total. The van der Waals surface area contributed by atoms with Crippen LogP contribution in [0.1, 0.15) is 30.1 Å². The molecule has 1 N–H and O–H groups in total. The van der Waals surface area contributed by atoms with E-state index in [-0.39, 0.29) is 0 Å². The Morgan fingerprint density at radius 2 is 2.41 bits per heavy atom. The average molecular weight is 251 g/mol. The smallest absolute Gasteiger partial charge is 0.176 e. The van der Waals surface area contributed by atoms with Gasteiger partial charge < -0.3 is 5.32 Å². The average Bonchev–Trinajstić information content (AvgIpc) is 2.95. The molecule has 2 aromatic rings. The number of thiophene rings is 1. The van der Waals surface area contributed by atoms with Gasteiger partial charge in [-0.05, 0) is 29.6 Å². The Labute approximate surface area is 105 Å². The van der Waals surface area contributed by atoms with Crippen molar-refractivity contribution in [1.29, 1.82) is 0 Å². The van der Waals surface area contributed by atoms with Gasteiger partial charge in [-0.3, -0.25) is 0 Å². The van der Waals surface area contributed by atoms with Gasteiger partial charge in [-0.1, -0.05) is 13.0 Å². The molecule has 6 heteroatoms. The van der Waals surface area contributed by atoms with Gasteiger partial charge in [0.2, 0.25) is 0 Å². The fourth-order valence-corrected chi connectivity index (χ4v) is 2.47. The number of aryl methyl sites for hydroxylation is 1. The monoisotopic (exact) mass is 251 g/mol. The van der Waals surface area contributed by atoms with E-state index in [1.165, 1.54) is 9.67 Å². The summed E-state index contributed by atoms with van der Waals surface area (Å²) < 4.78 is 0.